The fourth-order valence-corrected chi connectivity index (χ4v) is 3.95. The Morgan fingerprint density at radius 3 is 2.56 bits per heavy atom. The maximum atomic E-state index is 12.2. The van der Waals surface area contributed by atoms with Crippen molar-refractivity contribution in [3.05, 3.63) is 81.9 Å². The van der Waals surface area contributed by atoms with Crippen LogP contribution in [0.4, 0.5) is 0 Å². The van der Waals surface area contributed by atoms with Gasteiger partial charge in [-0.2, -0.15) is 5.26 Å². The van der Waals surface area contributed by atoms with Gasteiger partial charge in [-0.3, -0.25) is 4.79 Å². The van der Waals surface area contributed by atoms with Gasteiger partial charge in [0.15, 0.2) is 0 Å². The quantitative estimate of drug-likeness (QED) is 0.802. The predicted molar refractivity (Wildman–Crippen MR) is 104 cm³/mol. The molecule has 1 aliphatic heterocycles. The minimum Gasteiger partial charge on any atom is -0.465 e. The van der Waals surface area contributed by atoms with E-state index in [4.69, 9.17) is 4.74 Å². The Hall–Kier alpha value is -3.04. The first-order valence-corrected chi connectivity index (χ1v) is 9.40. The van der Waals surface area contributed by atoms with E-state index >= 15 is 0 Å². The van der Waals surface area contributed by atoms with Crippen LogP contribution >= 0.6 is 11.8 Å². The molecular formula is C21H18N2O3S. The molecule has 1 amide bonds. The molecule has 0 bridgehead atoms. The molecule has 2 aromatic rings. The van der Waals surface area contributed by atoms with Crippen molar-refractivity contribution >= 4 is 23.6 Å². The van der Waals surface area contributed by atoms with E-state index in [0.717, 1.165) is 11.1 Å². The van der Waals surface area contributed by atoms with Gasteiger partial charge in [-0.05, 0) is 23.3 Å². The van der Waals surface area contributed by atoms with Gasteiger partial charge in [0, 0.05) is 18.1 Å². The van der Waals surface area contributed by atoms with E-state index in [-0.39, 0.29) is 18.2 Å². The SMILES string of the molecule is COC(=O)c1ccc([C@H]2CC(=O)NC(SCc3ccccc3)=C2C#N)cc1. The number of amides is 1. The van der Waals surface area contributed by atoms with Crippen molar-refractivity contribution in [2.24, 2.45) is 0 Å². The molecule has 0 saturated heterocycles. The van der Waals surface area contributed by atoms with Crippen LogP contribution in [0.2, 0.25) is 0 Å². The van der Waals surface area contributed by atoms with E-state index in [1.54, 1.807) is 24.3 Å². The third kappa shape index (κ3) is 4.39. The van der Waals surface area contributed by atoms with Crippen LogP contribution in [0.3, 0.4) is 0 Å². The summed E-state index contributed by atoms with van der Waals surface area (Å²) in [5.74, 6) is -0.200. The molecule has 0 saturated carbocycles. The Morgan fingerprint density at radius 1 is 1.22 bits per heavy atom. The van der Waals surface area contributed by atoms with Gasteiger partial charge in [-0.15, -0.1) is 11.8 Å². The Morgan fingerprint density at radius 2 is 1.93 bits per heavy atom. The molecule has 0 unspecified atom stereocenters. The van der Waals surface area contributed by atoms with Crippen LogP contribution in [0.15, 0.2) is 65.2 Å². The van der Waals surface area contributed by atoms with Gasteiger partial charge in [0.25, 0.3) is 0 Å². The topological polar surface area (TPSA) is 79.2 Å². The van der Waals surface area contributed by atoms with Crippen molar-refractivity contribution in [3.8, 4) is 6.07 Å². The second kappa shape index (κ2) is 8.56. The average molecular weight is 378 g/mol. The molecule has 0 fully saturated rings. The lowest BCUT2D eigenvalue weighted by atomic mass is 9.87. The van der Waals surface area contributed by atoms with Gasteiger partial charge in [-0.1, -0.05) is 42.5 Å². The molecule has 1 N–H and O–H groups in total. The lowest BCUT2D eigenvalue weighted by Crippen LogP contribution is -2.30. The van der Waals surface area contributed by atoms with Crippen LogP contribution in [0.1, 0.15) is 33.8 Å². The van der Waals surface area contributed by atoms with Crippen molar-refractivity contribution in [1.29, 1.82) is 5.26 Å². The largest absolute Gasteiger partial charge is 0.465 e. The number of benzene rings is 2. The van der Waals surface area contributed by atoms with E-state index < -0.39 is 5.97 Å². The molecule has 0 radical (unpaired) electrons. The van der Waals surface area contributed by atoms with E-state index in [2.05, 4.69) is 11.4 Å². The normalized spacial score (nSPS) is 16.4. The van der Waals surface area contributed by atoms with Crippen molar-refractivity contribution < 1.29 is 14.3 Å². The number of esters is 1. The van der Waals surface area contributed by atoms with Crippen LogP contribution in [-0.4, -0.2) is 19.0 Å². The smallest absolute Gasteiger partial charge is 0.337 e. The standard InChI is InChI=1S/C21H18N2O3S/c1-26-21(25)16-9-7-15(8-10-16)17-11-19(24)23-20(18(17)12-22)27-13-14-5-3-2-4-6-14/h2-10,17H,11,13H2,1H3,(H,23,24)/t17-/m1/s1. The molecule has 136 valence electrons. The van der Waals surface area contributed by atoms with E-state index in [1.807, 2.05) is 30.3 Å². The fraction of sp³-hybridized carbons (Fsp3) is 0.190. The summed E-state index contributed by atoms with van der Waals surface area (Å²) in [5, 5.41) is 13.1. The molecule has 0 aliphatic carbocycles. The molecule has 0 aromatic heterocycles. The maximum Gasteiger partial charge on any atom is 0.337 e. The second-order valence-electron chi connectivity index (χ2n) is 6.05. The Balaban J connectivity index is 1.86. The predicted octanol–water partition coefficient (Wildman–Crippen LogP) is 3.75. The zero-order valence-corrected chi connectivity index (χ0v) is 15.6. The molecule has 1 aliphatic rings. The molecule has 1 heterocycles. The molecule has 5 nitrogen and oxygen atoms in total. The number of carbonyl (C=O) groups excluding carboxylic acids is 2. The van der Waals surface area contributed by atoms with Gasteiger partial charge >= 0.3 is 5.97 Å². The fourth-order valence-electron chi connectivity index (χ4n) is 2.92. The number of ether oxygens (including phenoxy) is 1. The summed E-state index contributed by atoms with van der Waals surface area (Å²) in [7, 11) is 1.33. The lowest BCUT2D eigenvalue weighted by Gasteiger charge is -2.25. The Bertz CT molecular complexity index is 915. The lowest BCUT2D eigenvalue weighted by molar-refractivity contribution is -0.120. The summed E-state index contributed by atoms with van der Waals surface area (Å²) in [6, 6.07) is 19.0. The van der Waals surface area contributed by atoms with Crippen LogP contribution in [0.25, 0.3) is 0 Å². The number of thioether (sulfide) groups is 1. The first-order valence-electron chi connectivity index (χ1n) is 8.41. The third-order valence-electron chi connectivity index (χ3n) is 4.32. The minimum absolute atomic E-state index is 0.119. The van der Waals surface area contributed by atoms with Gasteiger partial charge in [0.1, 0.15) is 0 Å². The molecular weight excluding hydrogens is 360 g/mol. The number of nitrogens with one attached hydrogen (secondary N) is 1. The molecule has 6 heteroatoms. The van der Waals surface area contributed by atoms with Crippen molar-refractivity contribution in [2.45, 2.75) is 18.1 Å². The average Bonchev–Trinajstić information content (AvgIpc) is 2.72. The third-order valence-corrected chi connectivity index (χ3v) is 5.40. The number of allylic oxidation sites excluding steroid dienone is 1. The van der Waals surface area contributed by atoms with Crippen LogP contribution in [0, 0.1) is 11.3 Å². The summed E-state index contributed by atoms with van der Waals surface area (Å²) >= 11 is 1.45. The highest BCUT2D eigenvalue weighted by molar-refractivity contribution is 8.02. The van der Waals surface area contributed by atoms with Gasteiger partial charge in [0.05, 0.1) is 29.3 Å². The first-order chi connectivity index (χ1) is 13.1. The zero-order chi connectivity index (χ0) is 19.2. The van der Waals surface area contributed by atoms with Gasteiger partial charge < -0.3 is 10.1 Å². The minimum atomic E-state index is -0.418. The number of nitriles is 1. The monoisotopic (exact) mass is 378 g/mol. The molecule has 27 heavy (non-hydrogen) atoms. The molecule has 1 atom stereocenters. The number of rotatable bonds is 5. The Kier molecular flexibility index (Phi) is 5.94. The maximum absolute atomic E-state index is 12.2. The number of hydrogen-bond acceptors (Lipinski definition) is 5. The van der Waals surface area contributed by atoms with Gasteiger partial charge in [0.2, 0.25) is 5.91 Å². The number of carbonyl (C=O) groups is 2. The van der Waals surface area contributed by atoms with Crippen LogP contribution in [-0.2, 0) is 15.3 Å². The zero-order valence-electron chi connectivity index (χ0n) is 14.8. The van der Waals surface area contributed by atoms with E-state index in [0.29, 0.717) is 21.9 Å². The van der Waals surface area contributed by atoms with E-state index in [1.165, 1.54) is 18.9 Å². The van der Waals surface area contributed by atoms with E-state index in [9.17, 15) is 14.9 Å². The second-order valence-corrected chi connectivity index (χ2v) is 7.03. The first kappa shape index (κ1) is 18.7. The number of hydrogen-bond donors (Lipinski definition) is 1. The van der Waals surface area contributed by atoms with Crippen molar-refractivity contribution in [1.82, 2.24) is 5.32 Å². The van der Waals surface area contributed by atoms with Gasteiger partial charge in [-0.25, -0.2) is 4.79 Å². The summed E-state index contributed by atoms with van der Waals surface area (Å²) in [6.07, 6.45) is 0.204. The molecule has 0 spiro atoms. The van der Waals surface area contributed by atoms with Crippen molar-refractivity contribution in [2.75, 3.05) is 7.11 Å². The summed E-state index contributed by atoms with van der Waals surface area (Å²) in [5.41, 5.74) is 2.92. The summed E-state index contributed by atoms with van der Waals surface area (Å²) < 4.78 is 4.70. The van der Waals surface area contributed by atoms with Crippen LogP contribution in [0.5, 0.6) is 0 Å². The highest BCUT2D eigenvalue weighted by Gasteiger charge is 2.29. The van der Waals surface area contributed by atoms with Crippen LogP contribution < -0.4 is 5.32 Å². The summed E-state index contributed by atoms with van der Waals surface area (Å²) in [4.78, 5) is 23.8. The molecule has 2 aromatic carbocycles. The summed E-state index contributed by atoms with van der Waals surface area (Å²) in [6.45, 7) is 0. The number of methoxy groups -OCH3 is 1. The Labute approximate surface area is 162 Å². The van der Waals surface area contributed by atoms with Crippen molar-refractivity contribution in [3.63, 3.8) is 0 Å². The highest BCUT2D eigenvalue weighted by atomic mass is 32.2. The molecule has 3 rings (SSSR count). The highest BCUT2D eigenvalue weighted by Crippen LogP contribution is 2.36. The number of nitrogens with zero attached hydrogens (tertiary/aromatic N) is 1.